The highest BCUT2D eigenvalue weighted by Crippen LogP contribution is 2.30. The molecule has 1 fully saturated rings. The SMILES string of the molecule is CCCCCNCC(C)N(Cc1ccsc1)C1CC1. The lowest BCUT2D eigenvalue weighted by Gasteiger charge is -2.29. The lowest BCUT2D eigenvalue weighted by atomic mass is 10.2. The van der Waals surface area contributed by atoms with Gasteiger partial charge in [0, 0.05) is 25.2 Å². The van der Waals surface area contributed by atoms with E-state index in [2.05, 4.69) is 40.9 Å². The third-order valence-corrected chi connectivity index (χ3v) is 4.66. The van der Waals surface area contributed by atoms with E-state index in [1.54, 1.807) is 0 Å². The number of hydrogen-bond acceptors (Lipinski definition) is 3. The van der Waals surface area contributed by atoms with E-state index in [4.69, 9.17) is 0 Å². The molecule has 1 saturated carbocycles. The molecule has 0 spiro atoms. The van der Waals surface area contributed by atoms with E-state index in [0.29, 0.717) is 6.04 Å². The van der Waals surface area contributed by atoms with Crippen molar-refractivity contribution in [1.29, 1.82) is 0 Å². The Hall–Kier alpha value is -0.380. The summed E-state index contributed by atoms with van der Waals surface area (Å²) in [6, 6.07) is 3.75. The van der Waals surface area contributed by atoms with Gasteiger partial charge in [-0.25, -0.2) is 0 Å². The molecule has 0 aliphatic heterocycles. The first-order valence-electron chi connectivity index (χ1n) is 7.78. The summed E-state index contributed by atoms with van der Waals surface area (Å²) < 4.78 is 0. The summed E-state index contributed by atoms with van der Waals surface area (Å²) in [7, 11) is 0. The molecule has 0 radical (unpaired) electrons. The van der Waals surface area contributed by atoms with Gasteiger partial charge in [-0.1, -0.05) is 19.8 Å². The number of nitrogens with one attached hydrogen (secondary N) is 1. The average molecular weight is 280 g/mol. The molecule has 19 heavy (non-hydrogen) atoms. The zero-order valence-electron chi connectivity index (χ0n) is 12.4. The summed E-state index contributed by atoms with van der Waals surface area (Å²) in [5.74, 6) is 0. The van der Waals surface area contributed by atoms with Crippen LogP contribution in [0.4, 0.5) is 0 Å². The molecular formula is C16H28N2S. The van der Waals surface area contributed by atoms with Crippen LogP contribution in [0.15, 0.2) is 16.8 Å². The number of thiophene rings is 1. The summed E-state index contributed by atoms with van der Waals surface area (Å²) in [4.78, 5) is 2.69. The van der Waals surface area contributed by atoms with Crippen LogP contribution in [0.2, 0.25) is 0 Å². The third kappa shape index (κ3) is 5.25. The van der Waals surface area contributed by atoms with Gasteiger partial charge in [-0.15, -0.1) is 0 Å². The summed E-state index contributed by atoms with van der Waals surface area (Å²) in [6.45, 7) is 8.07. The van der Waals surface area contributed by atoms with Gasteiger partial charge in [0.15, 0.2) is 0 Å². The van der Waals surface area contributed by atoms with Crippen LogP contribution in [0.25, 0.3) is 0 Å². The largest absolute Gasteiger partial charge is 0.315 e. The van der Waals surface area contributed by atoms with Gasteiger partial charge in [-0.05, 0) is 55.1 Å². The normalized spacial score (nSPS) is 17.0. The highest BCUT2D eigenvalue weighted by molar-refractivity contribution is 7.07. The highest BCUT2D eigenvalue weighted by atomic mass is 32.1. The van der Waals surface area contributed by atoms with Crippen LogP contribution in [-0.2, 0) is 6.54 Å². The van der Waals surface area contributed by atoms with E-state index in [-0.39, 0.29) is 0 Å². The lowest BCUT2D eigenvalue weighted by molar-refractivity contribution is 0.185. The van der Waals surface area contributed by atoms with E-state index >= 15 is 0 Å². The number of unbranched alkanes of at least 4 members (excludes halogenated alkanes) is 2. The number of nitrogens with zero attached hydrogens (tertiary/aromatic N) is 1. The third-order valence-electron chi connectivity index (χ3n) is 3.92. The molecule has 2 nitrogen and oxygen atoms in total. The van der Waals surface area contributed by atoms with E-state index in [1.807, 2.05) is 11.3 Å². The van der Waals surface area contributed by atoms with Crippen molar-refractivity contribution < 1.29 is 0 Å². The number of hydrogen-bond donors (Lipinski definition) is 1. The molecule has 1 atom stereocenters. The van der Waals surface area contributed by atoms with Crippen LogP contribution < -0.4 is 5.32 Å². The van der Waals surface area contributed by atoms with Crippen LogP contribution >= 0.6 is 11.3 Å². The molecule has 1 aromatic heterocycles. The van der Waals surface area contributed by atoms with E-state index in [0.717, 1.165) is 19.1 Å². The van der Waals surface area contributed by atoms with Crippen molar-refractivity contribution >= 4 is 11.3 Å². The van der Waals surface area contributed by atoms with Crippen LogP contribution in [0.3, 0.4) is 0 Å². The van der Waals surface area contributed by atoms with E-state index in [1.165, 1.54) is 44.2 Å². The molecule has 0 saturated heterocycles. The van der Waals surface area contributed by atoms with E-state index < -0.39 is 0 Å². The van der Waals surface area contributed by atoms with Gasteiger partial charge < -0.3 is 5.32 Å². The molecule has 3 heteroatoms. The predicted molar refractivity (Wildman–Crippen MR) is 84.7 cm³/mol. The minimum atomic E-state index is 0.647. The van der Waals surface area contributed by atoms with Crippen LogP contribution in [0.1, 0.15) is 51.5 Å². The van der Waals surface area contributed by atoms with Crippen LogP contribution in [-0.4, -0.2) is 30.1 Å². The fraction of sp³-hybridized carbons (Fsp3) is 0.750. The van der Waals surface area contributed by atoms with Crippen molar-refractivity contribution in [2.24, 2.45) is 0 Å². The quantitative estimate of drug-likeness (QED) is 0.654. The summed E-state index contributed by atoms with van der Waals surface area (Å²) in [6.07, 6.45) is 6.76. The molecule has 0 amide bonds. The maximum absolute atomic E-state index is 3.62. The van der Waals surface area contributed by atoms with Gasteiger partial charge in [-0.3, -0.25) is 4.90 Å². The maximum Gasteiger partial charge on any atom is 0.0248 e. The van der Waals surface area contributed by atoms with Crippen molar-refractivity contribution in [3.8, 4) is 0 Å². The molecule has 1 unspecified atom stereocenters. The monoisotopic (exact) mass is 280 g/mol. The Bertz CT molecular complexity index is 333. The Labute approximate surface area is 122 Å². The summed E-state index contributed by atoms with van der Waals surface area (Å²) in [5.41, 5.74) is 1.48. The maximum atomic E-state index is 3.62. The van der Waals surface area contributed by atoms with Gasteiger partial charge in [0.25, 0.3) is 0 Å². The first-order chi connectivity index (χ1) is 9.31. The molecule has 2 rings (SSSR count). The molecule has 1 aliphatic rings. The zero-order chi connectivity index (χ0) is 13.5. The first-order valence-corrected chi connectivity index (χ1v) is 8.73. The lowest BCUT2D eigenvalue weighted by Crippen LogP contribution is -2.41. The smallest absolute Gasteiger partial charge is 0.0248 e. The Morgan fingerprint density at radius 1 is 1.42 bits per heavy atom. The van der Waals surface area contributed by atoms with Gasteiger partial charge in [0.2, 0.25) is 0 Å². The molecular weight excluding hydrogens is 252 g/mol. The molecule has 0 aromatic carbocycles. The summed E-state index contributed by atoms with van der Waals surface area (Å²) in [5, 5.41) is 8.10. The van der Waals surface area contributed by atoms with Gasteiger partial charge in [0.1, 0.15) is 0 Å². The standard InChI is InChI=1S/C16H28N2S/c1-3-4-5-9-17-11-14(2)18(16-6-7-16)12-15-8-10-19-13-15/h8,10,13-14,16-17H,3-7,9,11-12H2,1-2H3. The van der Waals surface area contributed by atoms with Gasteiger partial charge in [-0.2, -0.15) is 11.3 Å². The minimum absolute atomic E-state index is 0.647. The molecule has 0 bridgehead atoms. The van der Waals surface area contributed by atoms with Crippen molar-refractivity contribution in [3.05, 3.63) is 22.4 Å². The second-order valence-electron chi connectivity index (χ2n) is 5.80. The van der Waals surface area contributed by atoms with Crippen molar-refractivity contribution in [1.82, 2.24) is 10.2 Å². The van der Waals surface area contributed by atoms with Crippen molar-refractivity contribution in [2.75, 3.05) is 13.1 Å². The molecule has 1 aliphatic carbocycles. The first kappa shape index (κ1) is 15.0. The van der Waals surface area contributed by atoms with E-state index in [9.17, 15) is 0 Å². The Morgan fingerprint density at radius 3 is 2.89 bits per heavy atom. The van der Waals surface area contributed by atoms with Crippen molar-refractivity contribution in [3.63, 3.8) is 0 Å². The zero-order valence-corrected chi connectivity index (χ0v) is 13.2. The molecule has 1 N–H and O–H groups in total. The van der Waals surface area contributed by atoms with Crippen LogP contribution in [0.5, 0.6) is 0 Å². The minimum Gasteiger partial charge on any atom is -0.315 e. The fourth-order valence-corrected chi connectivity index (χ4v) is 3.23. The average Bonchev–Trinajstić information content (AvgIpc) is 3.12. The second kappa shape index (κ2) is 8.03. The fourth-order valence-electron chi connectivity index (χ4n) is 2.57. The van der Waals surface area contributed by atoms with Crippen LogP contribution in [0, 0.1) is 0 Å². The topological polar surface area (TPSA) is 15.3 Å². The summed E-state index contributed by atoms with van der Waals surface area (Å²) >= 11 is 1.81. The highest BCUT2D eigenvalue weighted by Gasteiger charge is 2.31. The number of rotatable bonds is 10. The molecule has 108 valence electrons. The Kier molecular flexibility index (Phi) is 6.35. The Balaban J connectivity index is 1.72. The van der Waals surface area contributed by atoms with Crippen molar-refractivity contribution in [2.45, 2.75) is 64.6 Å². The van der Waals surface area contributed by atoms with Gasteiger partial charge >= 0.3 is 0 Å². The predicted octanol–water partition coefficient (Wildman–Crippen LogP) is 3.88. The second-order valence-corrected chi connectivity index (χ2v) is 6.58. The Morgan fingerprint density at radius 2 is 2.26 bits per heavy atom. The molecule has 1 heterocycles. The molecule has 1 aromatic rings. The van der Waals surface area contributed by atoms with Gasteiger partial charge in [0.05, 0.1) is 0 Å².